The Morgan fingerprint density at radius 2 is 2.09 bits per heavy atom. The van der Waals surface area contributed by atoms with Crippen molar-refractivity contribution in [1.29, 1.82) is 0 Å². The quantitative estimate of drug-likeness (QED) is 0.629. The van der Waals surface area contributed by atoms with Gasteiger partial charge in [0.25, 0.3) is 5.91 Å². The molecule has 1 amide bonds. The number of nitrogens with one attached hydrogen (secondary N) is 1. The molecule has 2 unspecified atom stereocenters. The number of phenols is 1. The summed E-state index contributed by atoms with van der Waals surface area (Å²) in [4.78, 5) is 25.0. The zero-order valence-electron chi connectivity index (χ0n) is 18.4. The Morgan fingerprint density at radius 1 is 1.24 bits per heavy atom. The van der Waals surface area contributed by atoms with E-state index in [-0.39, 0.29) is 29.5 Å². The molecule has 3 saturated heterocycles. The number of furan rings is 1. The van der Waals surface area contributed by atoms with Crippen LogP contribution < -0.4 is 10.2 Å². The number of hydrogen-bond donors (Lipinski definition) is 2. The van der Waals surface area contributed by atoms with Gasteiger partial charge < -0.3 is 24.6 Å². The smallest absolute Gasteiger partial charge is 0.289 e. The summed E-state index contributed by atoms with van der Waals surface area (Å²) in [5, 5.41) is 14.6. The highest BCUT2D eigenvalue weighted by atomic mass is 19.1. The molecule has 3 aliphatic heterocycles. The number of rotatable bonds is 4. The van der Waals surface area contributed by atoms with Crippen LogP contribution in [-0.2, 0) is 0 Å². The molecule has 2 bridgehead atoms. The van der Waals surface area contributed by atoms with Gasteiger partial charge in [-0.15, -0.1) is 0 Å². The average Bonchev–Trinajstić information content (AvgIpc) is 3.38. The number of piperidine rings is 1. The molecule has 4 atom stereocenters. The number of carbonyl (C=O) groups excluding carboxylic acids is 1. The molecule has 3 fully saturated rings. The Balaban J connectivity index is 1.25. The van der Waals surface area contributed by atoms with Crippen molar-refractivity contribution in [3.05, 3.63) is 36.4 Å². The largest absolute Gasteiger partial charge is 0.507 e. The van der Waals surface area contributed by atoms with E-state index in [2.05, 4.69) is 15.3 Å². The number of carbonyl (C=O) groups is 1. The molecule has 3 aromatic rings. The molecule has 5 heterocycles. The Labute approximate surface area is 190 Å². The number of benzene rings is 1. The zero-order valence-corrected chi connectivity index (χ0v) is 18.4. The molecule has 2 N–H and O–H groups in total. The van der Waals surface area contributed by atoms with Crippen molar-refractivity contribution < 1.29 is 18.7 Å². The van der Waals surface area contributed by atoms with Crippen LogP contribution in [0.5, 0.6) is 5.75 Å². The number of halogens is 1. The van der Waals surface area contributed by atoms with Gasteiger partial charge in [0.1, 0.15) is 23.3 Å². The van der Waals surface area contributed by atoms with Crippen LogP contribution in [0, 0.1) is 0 Å². The van der Waals surface area contributed by atoms with Gasteiger partial charge in [0.05, 0.1) is 24.1 Å². The number of alkyl halides is 1. The summed E-state index contributed by atoms with van der Waals surface area (Å²) in [5.41, 5.74) is 1.44. The van der Waals surface area contributed by atoms with E-state index in [9.17, 15) is 14.3 Å². The maximum absolute atomic E-state index is 14.9. The van der Waals surface area contributed by atoms with E-state index in [1.54, 1.807) is 35.5 Å². The SMILES string of the molecule is CN(c1cnc(-c2cc3oc(C(=O)N4CCC4)cc3cc2O)cn1)[C@@H]1CC2CCC(N2)[C@@H]1F. The van der Waals surface area contributed by atoms with Gasteiger partial charge in [-0.05, 0) is 43.9 Å². The molecule has 172 valence electrons. The van der Waals surface area contributed by atoms with E-state index in [1.165, 1.54) is 0 Å². The van der Waals surface area contributed by atoms with Crippen molar-refractivity contribution in [2.45, 2.75) is 50.0 Å². The lowest BCUT2D eigenvalue weighted by atomic mass is 9.96. The fourth-order valence-electron chi connectivity index (χ4n) is 5.22. The van der Waals surface area contributed by atoms with Crippen LogP contribution in [0.25, 0.3) is 22.2 Å². The van der Waals surface area contributed by atoms with E-state index >= 15 is 0 Å². The first-order valence-corrected chi connectivity index (χ1v) is 11.5. The maximum atomic E-state index is 14.9. The summed E-state index contributed by atoms with van der Waals surface area (Å²) in [6, 6.07) is 4.94. The average molecular weight is 452 g/mol. The molecule has 9 heteroatoms. The van der Waals surface area contributed by atoms with Crippen molar-refractivity contribution in [1.82, 2.24) is 20.2 Å². The highest BCUT2D eigenvalue weighted by Crippen LogP contribution is 2.36. The fourth-order valence-corrected chi connectivity index (χ4v) is 5.22. The predicted octanol–water partition coefficient (Wildman–Crippen LogP) is 3.11. The number of amides is 1. The molecule has 2 aromatic heterocycles. The molecule has 3 aliphatic rings. The van der Waals surface area contributed by atoms with Crippen molar-refractivity contribution in [2.24, 2.45) is 0 Å². The number of aromatic hydroxyl groups is 1. The van der Waals surface area contributed by atoms with Crippen LogP contribution in [0.15, 0.2) is 35.0 Å². The zero-order chi connectivity index (χ0) is 22.7. The minimum atomic E-state index is -0.950. The third-order valence-corrected chi connectivity index (χ3v) is 7.32. The minimum Gasteiger partial charge on any atom is -0.507 e. The lowest BCUT2D eigenvalue weighted by Crippen LogP contribution is -2.55. The fraction of sp³-hybridized carbons (Fsp3) is 0.458. The third-order valence-electron chi connectivity index (χ3n) is 7.32. The highest BCUT2D eigenvalue weighted by Gasteiger charge is 2.43. The second-order valence-electron chi connectivity index (χ2n) is 9.33. The van der Waals surface area contributed by atoms with Crippen molar-refractivity contribution in [2.75, 3.05) is 25.0 Å². The van der Waals surface area contributed by atoms with Crippen LogP contribution in [-0.4, -0.2) is 70.3 Å². The summed E-state index contributed by atoms with van der Waals surface area (Å²) in [6.45, 7) is 1.48. The molecule has 1 aromatic carbocycles. The lowest BCUT2D eigenvalue weighted by Gasteiger charge is -2.38. The number of hydrogen-bond acceptors (Lipinski definition) is 7. The lowest BCUT2D eigenvalue weighted by molar-refractivity contribution is 0.0621. The number of anilines is 1. The molecule has 0 radical (unpaired) electrons. The Morgan fingerprint density at radius 3 is 2.82 bits per heavy atom. The summed E-state index contributed by atoms with van der Waals surface area (Å²) < 4.78 is 20.7. The number of aromatic nitrogens is 2. The van der Waals surface area contributed by atoms with E-state index in [0.29, 0.717) is 34.1 Å². The number of phenolic OH excluding ortho intramolecular Hbond substituents is 1. The van der Waals surface area contributed by atoms with Gasteiger partial charge in [0.2, 0.25) is 0 Å². The second-order valence-corrected chi connectivity index (χ2v) is 9.33. The monoisotopic (exact) mass is 451 g/mol. The van der Waals surface area contributed by atoms with Crippen LogP contribution in [0.2, 0.25) is 0 Å². The van der Waals surface area contributed by atoms with E-state index < -0.39 is 6.17 Å². The Hall–Kier alpha value is -3.20. The van der Waals surface area contributed by atoms with E-state index in [1.807, 2.05) is 11.9 Å². The van der Waals surface area contributed by atoms with Crippen LogP contribution >= 0.6 is 0 Å². The van der Waals surface area contributed by atoms with Gasteiger partial charge in [-0.25, -0.2) is 9.37 Å². The molecular formula is C24H26FN5O3. The van der Waals surface area contributed by atoms with Crippen LogP contribution in [0.3, 0.4) is 0 Å². The molecular weight excluding hydrogens is 425 g/mol. The van der Waals surface area contributed by atoms with Gasteiger partial charge in [0, 0.05) is 43.2 Å². The Bertz CT molecular complexity index is 1210. The first-order valence-electron chi connectivity index (χ1n) is 11.5. The van der Waals surface area contributed by atoms with Gasteiger partial charge in [0.15, 0.2) is 5.76 Å². The first kappa shape index (κ1) is 20.4. The van der Waals surface area contributed by atoms with Crippen LogP contribution in [0.1, 0.15) is 36.2 Å². The first-order chi connectivity index (χ1) is 16.0. The summed E-state index contributed by atoms with van der Waals surface area (Å²) in [7, 11) is 1.86. The van der Waals surface area contributed by atoms with Crippen molar-refractivity contribution in [3.63, 3.8) is 0 Å². The topological polar surface area (TPSA) is 94.7 Å². The van der Waals surface area contributed by atoms with Crippen LogP contribution in [0.4, 0.5) is 10.2 Å². The Kier molecular flexibility index (Phi) is 4.76. The molecule has 0 spiro atoms. The summed E-state index contributed by atoms with van der Waals surface area (Å²) >= 11 is 0. The normalized spacial score (nSPS) is 26.4. The third kappa shape index (κ3) is 3.42. The summed E-state index contributed by atoms with van der Waals surface area (Å²) in [5.74, 6) is 0.748. The van der Waals surface area contributed by atoms with Gasteiger partial charge in [-0.3, -0.25) is 9.78 Å². The molecule has 6 rings (SSSR count). The van der Waals surface area contributed by atoms with Gasteiger partial charge in [-0.2, -0.15) is 0 Å². The maximum Gasteiger partial charge on any atom is 0.289 e. The minimum absolute atomic E-state index is 0.0282. The molecule has 33 heavy (non-hydrogen) atoms. The molecule has 8 nitrogen and oxygen atoms in total. The highest BCUT2D eigenvalue weighted by molar-refractivity contribution is 5.97. The van der Waals surface area contributed by atoms with Gasteiger partial charge in [-0.1, -0.05) is 0 Å². The molecule has 0 saturated carbocycles. The standard InChI is InChI=1S/C24H26FN5O3/c1-29(18-9-14-3-4-16(28-14)23(18)25)22-12-26-17(11-27-22)15-10-20-13(7-19(15)31)8-21(33-20)24(32)30-5-2-6-30/h7-8,10-12,14,16,18,23,28,31H,2-6,9H2,1H3/t14?,16?,18-,23+/m1/s1. The number of nitrogens with zero attached hydrogens (tertiary/aromatic N) is 4. The summed E-state index contributed by atoms with van der Waals surface area (Å²) in [6.07, 6.45) is 5.87. The van der Waals surface area contributed by atoms with E-state index in [4.69, 9.17) is 4.42 Å². The molecule has 0 aliphatic carbocycles. The second kappa shape index (κ2) is 7.69. The predicted molar refractivity (Wildman–Crippen MR) is 121 cm³/mol. The van der Waals surface area contributed by atoms with E-state index in [0.717, 1.165) is 38.8 Å². The number of fused-ring (bicyclic) bond motifs is 3. The van der Waals surface area contributed by atoms with Crippen molar-refractivity contribution >= 4 is 22.7 Å². The van der Waals surface area contributed by atoms with Crippen molar-refractivity contribution in [3.8, 4) is 17.0 Å². The van der Waals surface area contributed by atoms with Gasteiger partial charge >= 0.3 is 0 Å². The number of likely N-dealkylation sites (tertiary alicyclic amines) is 1.